The van der Waals surface area contributed by atoms with Crippen molar-refractivity contribution in [1.29, 1.82) is 0 Å². The van der Waals surface area contributed by atoms with Crippen molar-refractivity contribution in [2.45, 2.75) is 39.3 Å². The first-order valence-electron chi connectivity index (χ1n) is 9.37. The molecular weight excluding hydrogens is 412 g/mol. The summed E-state index contributed by atoms with van der Waals surface area (Å²) in [4.78, 5) is 12.9. The summed E-state index contributed by atoms with van der Waals surface area (Å²) in [5.74, 6) is 0.0308. The van der Waals surface area contributed by atoms with Crippen LogP contribution in [0, 0.1) is 13.8 Å². The highest BCUT2D eigenvalue weighted by molar-refractivity contribution is 7.92. The van der Waals surface area contributed by atoms with Crippen LogP contribution < -0.4 is 14.4 Å². The monoisotopic (exact) mass is 436 g/mol. The van der Waals surface area contributed by atoms with Crippen LogP contribution in [0.3, 0.4) is 0 Å². The fourth-order valence-electron chi connectivity index (χ4n) is 3.30. The SMILES string of the molecule is Cc1ccc([C@@H](C)NC(=O)[C@H]2CCN(S(C)(=O)=O)c3cc(Cl)ccc3O2)cc1C. The second-order valence-electron chi connectivity index (χ2n) is 7.42. The van der Waals surface area contributed by atoms with Crippen LogP contribution in [0.5, 0.6) is 5.75 Å². The van der Waals surface area contributed by atoms with Gasteiger partial charge in [-0.05, 0) is 55.7 Å². The van der Waals surface area contributed by atoms with Crippen molar-refractivity contribution < 1.29 is 17.9 Å². The highest BCUT2D eigenvalue weighted by Gasteiger charge is 2.32. The van der Waals surface area contributed by atoms with Gasteiger partial charge in [0.15, 0.2) is 6.10 Å². The molecule has 0 saturated carbocycles. The Kier molecular flexibility index (Phi) is 6.10. The number of sulfonamides is 1. The fraction of sp³-hybridized carbons (Fsp3) is 0.381. The number of nitrogens with zero attached hydrogens (tertiary/aromatic N) is 1. The van der Waals surface area contributed by atoms with E-state index in [1.165, 1.54) is 15.9 Å². The number of rotatable bonds is 4. The molecule has 0 fully saturated rings. The van der Waals surface area contributed by atoms with Gasteiger partial charge in [0.2, 0.25) is 10.0 Å². The van der Waals surface area contributed by atoms with Crippen molar-refractivity contribution in [1.82, 2.24) is 5.32 Å². The molecule has 0 radical (unpaired) electrons. The van der Waals surface area contributed by atoms with E-state index < -0.39 is 16.1 Å². The summed E-state index contributed by atoms with van der Waals surface area (Å²) in [6, 6.07) is 10.6. The van der Waals surface area contributed by atoms with E-state index in [-0.39, 0.29) is 24.9 Å². The molecule has 2 aromatic rings. The summed E-state index contributed by atoms with van der Waals surface area (Å²) in [7, 11) is -3.54. The van der Waals surface area contributed by atoms with Gasteiger partial charge < -0.3 is 10.1 Å². The van der Waals surface area contributed by atoms with Crippen LogP contribution in [0.2, 0.25) is 5.02 Å². The molecular formula is C21H25ClN2O4S. The first-order chi connectivity index (χ1) is 13.6. The van der Waals surface area contributed by atoms with Crippen LogP contribution in [0.25, 0.3) is 0 Å². The number of carbonyl (C=O) groups excluding carboxylic acids is 1. The molecule has 3 rings (SSSR count). The summed E-state index contributed by atoms with van der Waals surface area (Å²) in [5.41, 5.74) is 3.69. The van der Waals surface area contributed by atoms with Crippen LogP contribution in [-0.2, 0) is 14.8 Å². The Morgan fingerprint density at radius 1 is 1.21 bits per heavy atom. The van der Waals surface area contributed by atoms with Gasteiger partial charge in [-0.25, -0.2) is 8.42 Å². The van der Waals surface area contributed by atoms with Gasteiger partial charge in [0.25, 0.3) is 5.91 Å². The number of halogens is 1. The van der Waals surface area contributed by atoms with Gasteiger partial charge in [-0.15, -0.1) is 0 Å². The predicted molar refractivity (Wildman–Crippen MR) is 115 cm³/mol. The average molecular weight is 437 g/mol. The van der Waals surface area contributed by atoms with E-state index in [1.807, 2.05) is 32.9 Å². The Labute approximate surface area is 176 Å². The lowest BCUT2D eigenvalue weighted by molar-refractivity contribution is -0.128. The number of amides is 1. The van der Waals surface area contributed by atoms with E-state index in [0.717, 1.165) is 17.4 Å². The Morgan fingerprint density at radius 3 is 2.59 bits per heavy atom. The van der Waals surface area contributed by atoms with Crippen molar-refractivity contribution in [3.63, 3.8) is 0 Å². The summed E-state index contributed by atoms with van der Waals surface area (Å²) in [6.07, 6.45) is 0.542. The van der Waals surface area contributed by atoms with Gasteiger partial charge in [0.05, 0.1) is 18.0 Å². The van der Waals surface area contributed by atoms with E-state index in [4.69, 9.17) is 16.3 Å². The molecule has 1 amide bonds. The molecule has 6 nitrogen and oxygen atoms in total. The van der Waals surface area contributed by atoms with Crippen molar-refractivity contribution >= 4 is 33.2 Å². The molecule has 2 atom stereocenters. The maximum absolute atomic E-state index is 12.9. The maximum Gasteiger partial charge on any atom is 0.261 e. The van der Waals surface area contributed by atoms with Gasteiger partial charge >= 0.3 is 0 Å². The number of hydrogen-bond acceptors (Lipinski definition) is 4. The summed E-state index contributed by atoms with van der Waals surface area (Å²) in [6.45, 7) is 6.11. The number of ether oxygens (including phenoxy) is 1. The molecule has 0 aromatic heterocycles. The average Bonchev–Trinajstić information content (AvgIpc) is 2.83. The second kappa shape index (κ2) is 8.24. The molecule has 0 spiro atoms. The third kappa shape index (κ3) is 4.85. The molecule has 0 unspecified atom stereocenters. The van der Waals surface area contributed by atoms with Crippen LogP contribution in [0.15, 0.2) is 36.4 Å². The first-order valence-corrected chi connectivity index (χ1v) is 11.6. The summed E-state index contributed by atoms with van der Waals surface area (Å²) >= 11 is 6.05. The molecule has 156 valence electrons. The third-order valence-electron chi connectivity index (χ3n) is 5.14. The van der Waals surface area contributed by atoms with Crippen LogP contribution >= 0.6 is 11.6 Å². The van der Waals surface area contributed by atoms with Gasteiger partial charge in [-0.3, -0.25) is 9.10 Å². The number of aryl methyl sites for hydroxylation is 2. The summed E-state index contributed by atoms with van der Waals surface area (Å²) in [5, 5.41) is 3.37. The van der Waals surface area contributed by atoms with Crippen LogP contribution in [0.1, 0.15) is 36.1 Å². The van der Waals surface area contributed by atoms with E-state index >= 15 is 0 Å². The normalized spacial score (nSPS) is 17.7. The van der Waals surface area contributed by atoms with Crippen LogP contribution in [0.4, 0.5) is 5.69 Å². The number of nitrogens with one attached hydrogen (secondary N) is 1. The van der Waals surface area contributed by atoms with Gasteiger partial charge in [-0.2, -0.15) is 0 Å². The zero-order valence-electron chi connectivity index (χ0n) is 16.9. The summed E-state index contributed by atoms with van der Waals surface area (Å²) < 4.78 is 31.6. The molecule has 1 heterocycles. The smallest absolute Gasteiger partial charge is 0.261 e. The molecule has 8 heteroatoms. The molecule has 0 saturated heterocycles. The predicted octanol–water partition coefficient (Wildman–Crippen LogP) is 3.75. The largest absolute Gasteiger partial charge is 0.478 e. The lowest BCUT2D eigenvalue weighted by Gasteiger charge is -2.21. The number of hydrogen-bond donors (Lipinski definition) is 1. The quantitative estimate of drug-likeness (QED) is 0.791. The zero-order valence-corrected chi connectivity index (χ0v) is 18.5. The van der Waals surface area contributed by atoms with E-state index in [0.29, 0.717) is 16.5 Å². The van der Waals surface area contributed by atoms with Crippen molar-refractivity contribution in [2.24, 2.45) is 0 Å². The Balaban J connectivity index is 1.81. The minimum Gasteiger partial charge on any atom is -0.478 e. The molecule has 29 heavy (non-hydrogen) atoms. The lowest BCUT2D eigenvalue weighted by atomic mass is 10.0. The van der Waals surface area contributed by atoms with E-state index in [2.05, 4.69) is 11.4 Å². The number of fused-ring (bicyclic) bond motifs is 1. The molecule has 1 N–H and O–H groups in total. The first kappa shape index (κ1) is 21.5. The minimum atomic E-state index is -3.54. The molecule has 1 aliphatic heterocycles. The van der Waals surface area contributed by atoms with Crippen molar-refractivity contribution in [3.05, 3.63) is 58.1 Å². The Hall–Kier alpha value is -2.25. The van der Waals surface area contributed by atoms with Gasteiger partial charge in [-0.1, -0.05) is 29.8 Å². The Bertz CT molecular complexity index is 1040. The minimum absolute atomic E-state index is 0.127. The molecule has 2 aromatic carbocycles. The van der Waals surface area contributed by atoms with Crippen LogP contribution in [-0.4, -0.2) is 33.2 Å². The number of carbonyl (C=O) groups is 1. The zero-order chi connectivity index (χ0) is 21.3. The highest BCUT2D eigenvalue weighted by Crippen LogP contribution is 2.36. The standard InChI is InChI=1S/C21H25ClN2O4S/c1-13-5-6-16(11-14(13)2)15(3)23-21(25)20-9-10-24(29(4,26)27)18-12-17(22)7-8-19(18)28-20/h5-8,11-12,15,20H,9-10H2,1-4H3,(H,23,25)/t15-,20-/m1/s1. The van der Waals surface area contributed by atoms with Gasteiger partial charge in [0, 0.05) is 18.0 Å². The topological polar surface area (TPSA) is 75.7 Å². The van der Waals surface area contributed by atoms with Gasteiger partial charge in [0.1, 0.15) is 5.75 Å². The third-order valence-corrected chi connectivity index (χ3v) is 6.55. The molecule has 1 aliphatic rings. The number of anilines is 1. The highest BCUT2D eigenvalue weighted by atomic mass is 35.5. The lowest BCUT2D eigenvalue weighted by Crippen LogP contribution is -2.40. The van der Waals surface area contributed by atoms with E-state index in [9.17, 15) is 13.2 Å². The van der Waals surface area contributed by atoms with E-state index in [1.54, 1.807) is 12.1 Å². The number of benzene rings is 2. The van der Waals surface area contributed by atoms with Crippen molar-refractivity contribution in [2.75, 3.05) is 17.1 Å². The Morgan fingerprint density at radius 2 is 1.93 bits per heavy atom. The molecule has 0 bridgehead atoms. The second-order valence-corrected chi connectivity index (χ2v) is 9.76. The van der Waals surface area contributed by atoms with Crippen molar-refractivity contribution in [3.8, 4) is 5.75 Å². The molecule has 0 aliphatic carbocycles. The fourth-order valence-corrected chi connectivity index (χ4v) is 4.41. The maximum atomic E-state index is 12.9.